The van der Waals surface area contributed by atoms with E-state index in [1.165, 1.54) is 0 Å². The molecule has 0 aliphatic heterocycles. The number of benzene rings is 1. The number of hydrogen-bond donors (Lipinski definition) is 2. The van der Waals surface area contributed by atoms with Crippen LogP contribution in [0.15, 0.2) is 12.1 Å². The summed E-state index contributed by atoms with van der Waals surface area (Å²) in [6.45, 7) is 5.42. The van der Waals surface area contributed by atoms with Gasteiger partial charge in [-0.2, -0.15) is 0 Å². The second-order valence-electron chi connectivity index (χ2n) is 3.20. The van der Waals surface area contributed by atoms with Crippen molar-refractivity contribution < 1.29 is 10.2 Å². The van der Waals surface area contributed by atoms with Gasteiger partial charge in [-0.1, -0.05) is 11.6 Å². The van der Waals surface area contributed by atoms with Gasteiger partial charge in [0, 0.05) is 5.56 Å². The van der Waals surface area contributed by atoms with Crippen LogP contribution in [0.2, 0.25) is 0 Å². The van der Waals surface area contributed by atoms with E-state index in [2.05, 4.69) is 0 Å². The number of aromatic hydroxyl groups is 1. The summed E-state index contributed by atoms with van der Waals surface area (Å²) in [5, 5.41) is 18.8. The van der Waals surface area contributed by atoms with Crippen molar-refractivity contribution in [1.82, 2.24) is 0 Å². The molecule has 1 atom stereocenters. The highest BCUT2D eigenvalue weighted by Crippen LogP contribution is 2.28. The molecule has 0 aromatic heterocycles. The first-order valence-corrected chi connectivity index (χ1v) is 4.00. The SMILES string of the molecule is Cc1cc(C)c(O)c(C(C)O)c1. The highest BCUT2D eigenvalue weighted by atomic mass is 16.3. The maximum atomic E-state index is 9.53. The zero-order valence-electron chi connectivity index (χ0n) is 7.63. The molecule has 0 bridgehead atoms. The Morgan fingerprint density at radius 3 is 2.33 bits per heavy atom. The minimum absolute atomic E-state index is 0.204. The molecule has 0 saturated heterocycles. The van der Waals surface area contributed by atoms with Crippen molar-refractivity contribution in [3.05, 3.63) is 28.8 Å². The lowest BCUT2D eigenvalue weighted by atomic mass is 10.0. The monoisotopic (exact) mass is 166 g/mol. The van der Waals surface area contributed by atoms with Gasteiger partial charge in [0.15, 0.2) is 0 Å². The van der Waals surface area contributed by atoms with Crippen LogP contribution in [0.3, 0.4) is 0 Å². The molecule has 0 heterocycles. The van der Waals surface area contributed by atoms with Crippen LogP contribution in [-0.4, -0.2) is 10.2 Å². The first kappa shape index (κ1) is 9.07. The molecule has 0 aliphatic rings. The fraction of sp³-hybridized carbons (Fsp3) is 0.400. The third-order valence-corrected chi connectivity index (χ3v) is 1.92. The lowest BCUT2D eigenvalue weighted by molar-refractivity contribution is 0.194. The maximum Gasteiger partial charge on any atom is 0.124 e. The molecular weight excluding hydrogens is 152 g/mol. The second kappa shape index (κ2) is 3.15. The van der Waals surface area contributed by atoms with Crippen LogP contribution >= 0.6 is 0 Å². The van der Waals surface area contributed by atoms with E-state index in [-0.39, 0.29) is 5.75 Å². The highest BCUT2D eigenvalue weighted by Gasteiger charge is 2.09. The highest BCUT2D eigenvalue weighted by molar-refractivity contribution is 5.43. The topological polar surface area (TPSA) is 40.5 Å². The fourth-order valence-corrected chi connectivity index (χ4v) is 1.31. The van der Waals surface area contributed by atoms with Gasteiger partial charge in [0.05, 0.1) is 6.10 Å². The number of rotatable bonds is 1. The Hall–Kier alpha value is -1.02. The summed E-state index contributed by atoms with van der Waals surface area (Å²) in [7, 11) is 0. The van der Waals surface area contributed by atoms with Crippen LogP contribution in [0.1, 0.15) is 29.7 Å². The molecule has 0 fully saturated rings. The zero-order chi connectivity index (χ0) is 9.30. The van der Waals surface area contributed by atoms with Gasteiger partial charge in [-0.15, -0.1) is 0 Å². The minimum Gasteiger partial charge on any atom is -0.507 e. The lowest BCUT2D eigenvalue weighted by Gasteiger charge is -2.10. The summed E-state index contributed by atoms with van der Waals surface area (Å²) in [5.41, 5.74) is 2.47. The smallest absolute Gasteiger partial charge is 0.124 e. The number of aliphatic hydroxyl groups is 1. The van der Waals surface area contributed by atoms with Crippen molar-refractivity contribution in [2.24, 2.45) is 0 Å². The van der Waals surface area contributed by atoms with E-state index in [0.29, 0.717) is 5.56 Å². The van der Waals surface area contributed by atoms with Gasteiger partial charge >= 0.3 is 0 Å². The standard InChI is InChI=1S/C10H14O2/c1-6-4-7(2)10(12)9(5-6)8(3)11/h4-5,8,11-12H,1-3H3. The Balaban J connectivity index is 3.28. The van der Waals surface area contributed by atoms with E-state index in [0.717, 1.165) is 11.1 Å². The van der Waals surface area contributed by atoms with E-state index >= 15 is 0 Å². The van der Waals surface area contributed by atoms with Crippen LogP contribution in [0, 0.1) is 13.8 Å². The molecule has 1 aromatic carbocycles. The molecule has 0 amide bonds. The molecule has 2 nitrogen and oxygen atoms in total. The van der Waals surface area contributed by atoms with Crippen LogP contribution in [0.4, 0.5) is 0 Å². The van der Waals surface area contributed by atoms with Crippen LogP contribution in [-0.2, 0) is 0 Å². The average molecular weight is 166 g/mol. The van der Waals surface area contributed by atoms with Crippen molar-refractivity contribution in [1.29, 1.82) is 0 Å². The number of aryl methyl sites for hydroxylation is 2. The molecular formula is C10H14O2. The molecule has 0 saturated carbocycles. The summed E-state index contributed by atoms with van der Waals surface area (Å²) in [6.07, 6.45) is -0.608. The normalized spacial score (nSPS) is 13.0. The maximum absolute atomic E-state index is 9.53. The zero-order valence-corrected chi connectivity index (χ0v) is 7.63. The molecule has 66 valence electrons. The predicted molar refractivity (Wildman–Crippen MR) is 48.2 cm³/mol. The van der Waals surface area contributed by atoms with Crippen molar-refractivity contribution in [3.63, 3.8) is 0 Å². The summed E-state index contributed by atoms with van der Waals surface area (Å²) >= 11 is 0. The van der Waals surface area contributed by atoms with Crippen LogP contribution in [0.5, 0.6) is 5.75 Å². The predicted octanol–water partition coefficient (Wildman–Crippen LogP) is 2.06. The van der Waals surface area contributed by atoms with E-state index in [4.69, 9.17) is 0 Å². The van der Waals surface area contributed by atoms with Gasteiger partial charge in [0.2, 0.25) is 0 Å². The number of phenolic OH excluding ortho intramolecular Hbond substituents is 1. The van der Waals surface area contributed by atoms with Crippen molar-refractivity contribution in [3.8, 4) is 5.75 Å². The Labute approximate surface area is 72.5 Å². The summed E-state index contributed by atoms with van der Waals surface area (Å²) in [4.78, 5) is 0. The average Bonchev–Trinajstić information content (AvgIpc) is 1.96. The Kier molecular flexibility index (Phi) is 2.38. The van der Waals surface area contributed by atoms with Gasteiger partial charge in [-0.25, -0.2) is 0 Å². The lowest BCUT2D eigenvalue weighted by Crippen LogP contribution is -1.94. The fourth-order valence-electron chi connectivity index (χ4n) is 1.31. The van der Waals surface area contributed by atoms with Gasteiger partial charge in [0.1, 0.15) is 5.75 Å². The Morgan fingerprint density at radius 1 is 1.25 bits per heavy atom. The molecule has 1 rings (SSSR count). The molecule has 2 heteroatoms. The number of phenols is 1. The molecule has 0 radical (unpaired) electrons. The third-order valence-electron chi connectivity index (χ3n) is 1.92. The van der Waals surface area contributed by atoms with Crippen molar-refractivity contribution in [2.45, 2.75) is 26.9 Å². The molecule has 1 aromatic rings. The molecule has 2 N–H and O–H groups in total. The first-order chi connectivity index (χ1) is 5.52. The summed E-state index contributed by atoms with van der Waals surface area (Å²) < 4.78 is 0. The van der Waals surface area contributed by atoms with E-state index < -0.39 is 6.10 Å². The van der Waals surface area contributed by atoms with E-state index in [1.807, 2.05) is 19.9 Å². The largest absolute Gasteiger partial charge is 0.507 e. The van der Waals surface area contributed by atoms with Crippen LogP contribution in [0.25, 0.3) is 0 Å². The third kappa shape index (κ3) is 1.59. The quantitative estimate of drug-likeness (QED) is 0.670. The summed E-state index contributed by atoms with van der Waals surface area (Å²) in [5.74, 6) is 0.204. The van der Waals surface area contributed by atoms with Gasteiger partial charge < -0.3 is 10.2 Å². The molecule has 0 spiro atoms. The molecule has 0 aliphatic carbocycles. The van der Waals surface area contributed by atoms with E-state index in [9.17, 15) is 10.2 Å². The first-order valence-electron chi connectivity index (χ1n) is 4.00. The van der Waals surface area contributed by atoms with Crippen LogP contribution < -0.4 is 0 Å². The van der Waals surface area contributed by atoms with Gasteiger partial charge in [-0.3, -0.25) is 0 Å². The Morgan fingerprint density at radius 2 is 1.83 bits per heavy atom. The van der Waals surface area contributed by atoms with Gasteiger partial charge in [0.25, 0.3) is 0 Å². The second-order valence-corrected chi connectivity index (χ2v) is 3.20. The molecule has 1 unspecified atom stereocenters. The number of aliphatic hydroxyl groups excluding tert-OH is 1. The minimum atomic E-state index is -0.608. The Bertz CT molecular complexity index is 290. The van der Waals surface area contributed by atoms with E-state index in [1.54, 1.807) is 13.0 Å². The number of hydrogen-bond acceptors (Lipinski definition) is 2. The van der Waals surface area contributed by atoms with Crippen molar-refractivity contribution in [2.75, 3.05) is 0 Å². The summed E-state index contributed by atoms with van der Waals surface area (Å²) in [6, 6.07) is 3.69. The van der Waals surface area contributed by atoms with Crippen molar-refractivity contribution >= 4 is 0 Å². The molecule has 12 heavy (non-hydrogen) atoms. The van der Waals surface area contributed by atoms with Gasteiger partial charge in [-0.05, 0) is 32.4 Å².